The average molecular weight is 366 g/mol. The van der Waals surface area contributed by atoms with Crippen molar-refractivity contribution in [2.75, 3.05) is 13.2 Å². The molecule has 0 bridgehead atoms. The molecule has 6 nitrogen and oxygen atoms in total. The van der Waals surface area contributed by atoms with Gasteiger partial charge in [-0.1, -0.05) is 42.5 Å². The molecule has 1 amide bonds. The smallest absolute Gasteiger partial charge is 0.347 e. The molecular weight excluding hydrogens is 344 g/mol. The first-order valence-electron chi connectivity index (χ1n) is 8.86. The Morgan fingerprint density at radius 3 is 2.67 bits per heavy atom. The quantitative estimate of drug-likeness (QED) is 0.737. The number of hydrogen-bond acceptors (Lipinski definition) is 5. The van der Waals surface area contributed by atoms with Crippen LogP contribution < -0.4 is 4.74 Å². The van der Waals surface area contributed by atoms with Crippen LogP contribution in [0.3, 0.4) is 0 Å². The normalized spacial score (nSPS) is 14.4. The molecule has 0 unspecified atom stereocenters. The summed E-state index contributed by atoms with van der Waals surface area (Å²) >= 11 is 0. The van der Waals surface area contributed by atoms with Crippen molar-refractivity contribution >= 4 is 17.6 Å². The molecule has 2 aromatic rings. The fraction of sp³-hybridized carbons (Fsp3) is 0.286. The lowest BCUT2D eigenvalue weighted by Gasteiger charge is -2.15. The van der Waals surface area contributed by atoms with Crippen molar-refractivity contribution in [1.29, 1.82) is 0 Å². The molecule has 0 fully saturated rings. The van der Waals surface area contributed by atoms with Gasteiger partial charge in [-0.15, -0.1) is 0 Å². The first kappa shape index (κ1) is 18.6. The highest BCUT2D eigenvalue weighted by Crippen LogP contribution is 2.16. The van der Waals surface area contributed by atoms with Crippen molar-refractivity contribution < 1.29 is 19.1 Å². The minimum Gasteiger partial charge on any atom is -0.479 e. The van der Waals surface area contributed by atoms with Gasteiger partial charge in [-0.3, -0.25) is 4.79 Å². The zero-order valence-electron chi connectivity index (χ0n) is 15.4. The van der Waals surface area contributed by atoms with Gasteiger partial charge in [-0.25, -0.2) is 9.80 Å². The number of benzene rings is 2. The molecule has 0 N–H and O–H groups in total. The fourth-order valence-corrected chi connectivity index (χ4v) is 2.74. The standard InChI is InChI=1S/C21H22N2O4/c1-15-7-6-10-18(13-15)27-16(2)21(25)26-14-20(24)23-12-11-19(22-23)17-8-4-3-5-9-17/h3-10,13,16H,11-12,14H2,1-2H3/t16-/m0/s1. The van der Waals surface area contributed by atoms with Gasteiger partial charge in [0.1, 0.15) is 5.75 Å². The molecule has 0 spiro atoms. The Balaban J connectivity index is 1.50. The van der Waals surface area contributed by atoms with Crippen LogP contribution in [0.25, 0.3) is 0 Å². The second-order valence-corrected chi connectivity index (χ2v) is 6.36. The Morgan fingerprint density at radius 1 is 1.15 bits per heavy atom. The Kier molecular flexibility index (Phi) is 5.86. The Labute approximate surface area is 158 Å². The van der Waals surface area contributed by atoms with E-state index in [0.717, 1.165) is 16.8 Å². The predicted octanol–water partition coefficient (Wildman–Crippen LogP) is 2.94. The van der Waals surface area contributed by atoms with E-state index in [1.54, 1.807) is 13.0 Å². The maximum Gasteiger partial charge on any atom is 0.347 e. The highest BCUT2D eigenvalue weighted by atomic mass is 16.6. The van der Waals surface area contributed by atoms with E-state index in [9.17, 15) is 9.59 Å². The fourth-order valence-electron chi connectivity index (χ4n) is 2.74. The number of nitrogens with zero attached hydrogens (tertiary/aromatic N) is 2. The molecule has 1 aliphatic heterocycles. The minimum atomic E-state index is -0.804. The van der Waals surface area contributed by atoms with E-state index in [-0.39, 0.29) is 12.5 Å². The Morgan fingerprint density at radius 2 is 1.93 bits per heavy atom. The summed E-state index contributed by atoms with van der Waals surface area (Å²) in [7, 11) is 0. The van der Waals surface area contributed by atoms with E-state index in [4.69, 9.17) is 9.47 Å². The van der Waals surface area contributed by atoms with Crippen LogP contribution in [-0.4, -0.2) is 41.9 Å². The molecule has 0 aromatic heterocycles. The van der Waals surface area contributed by atoms with Crippen molar-refractivity contribution in [2.45, 2.75) is 26.4 Å². The average Bonchev–Trinajstić information content (AvgIpc) is 3.17. The summed E-state index contributed by atoms with van der Waals surface area (Å²) in [6.45, 7) is 3.66. The zero-order valence-corrected chi connectivity index (χ0v) is 15.4. The lowest BCUT2D eigenvalue weighted by Crippen LogP contribution is -2.32. The summed E-state index contributed by atoms with van der Waals surface area (Å²) in [4.78, 5) is 24.3. The van der Waals surface area contributed by atoms with Crippen LogP contribution in [0.15, 0.2) is 59.7 Å². The molecule has 1 atom stereocenters. The van der Waals surface area contributed by atoms with Crippen molar-refractivity contribution in [2.24, 2.45) is 5.10 Å². The van der Waals surface area contributed by atoms with E-state index in [1.807, 2.05) is 55.5 Å². The van der Waals surface area contributed by atoms with Crippen molar-refractivity contribution in [3.05, 3.63) is 65.7 Å². The summed E-state index contributed by atoms with van der Waals surface area (Å²) in [5, 5.41) is 5.69. The van der Waals surface area contributed by atoms with Gasteiger partial charge < -0.3 is 9.47 Å². The molecule has 140 valence electrons. The van der Waals surface area contributed by atoms with Crippen molar-refractivity contribution in [3.8, 4) is 5.75 Å². The van der Waals surface area contributed by atoms with Crippen LogP contribution in [0.4, 0.5) is 0 Å². The molecular formula is C21H22N2O4. The van der Waals surface area contributed by atoms with Crippen LogP contribution in [0.1, 0.15) is 24.5 Å². The van der Waals surface area contributed by atoms with Crippen LogP contribution in [-0.2, 0) is 14.3 Å². The molecule has 0 aliphatic carbocycles. The molecule has 0 radical (unpaired) electrons. The van der Waals surface area contributed by atoms with Gasteiger partial charge in [0.05, 0.1) is 12.3 Å². The topological polar surface area (TPSA) is 68.2 Å². The highest BCUT2D eigenvalue weighted by molar-refractivity contribution is 6.02. The first-order valence-corrected chi connectivity index (χ1v) is 8.86. The predicted molar refractivity (Wildman–Crippen MR) is 102 cm³/mol. The van der Waals surface area contributed by atoms with E-state index < -0.39 is 12.1 Å². The second kappa shape index (κ2) is 8.49. The number of carbonyl (C=O) groups is 2. The highest BCUT2D eigenvalue weighted by Gasteiger charge is 2.24. The number of amides is 1. The van der Waals surface area contributed by atoms with Crippen molar-refractivity contribution in [1.82, 2.24) is 5.01 Å². The largest absolute Gasteiger partial charge is 0.479 e. The number of hydrogen-bond donors (Lipinski definition) is 0. The zero-order chi connectivity index (χ0) is 19.2. The molecule has 2 aromatic carbocycles. The molecule has 6 heteroatoms. The monoisotopic (exact) mass is 366 g/mol. The van der Waals surface area contributed by atoms with Gasteiger partial charge in [0, 0.05) is 6.42 Å². The third kappa shape index (κ3) is 4.94. The van der Waals surface area contributed by atoms with Crippen molar-refractivity contribution in [3.63, 3.8) is 0 Å². The Bertz CT molecular complexity index is 848. The van der Waals surface area contributed by atoms with Crippen LogP contribution in [0.5, 0.6) is 5.75 Å². The molecule has 0 saturated heterocycles. The molecule has 1 heterocycles. The summed E-state index contributed by atoms with van der Waals surface area (Å²) in [5.41, 5.74) is 2.88. The SMILES string of the molecule is Cc1cccc(O[C@@H](C)C(=O)OCC(=O)N2CCC(c3ccccc3)=N2)c1. The number of hydrazone groups is 1. The number of esters is 1. The van der Waals surface area contributed by atoms with Crippen LogP contribution in [0.2, 0.25) is 0 Å². The maximum absolute atomic E-state index is 12.3. The Hall–Kier alpha value is -3.15. The molecule has 1 aliphatic rings. The van der Waals surface area contributed by atoms with Gasteiger partial charge >= 0.3 is 5.97 Å². The minimum absolute atomic E-state index is 0.350. The number of aryl methyl sites for hydroxylation is 1. The summed E-state index contributed by atoms with van der Waals surface area (Å²) in [6.07, 6.45) is -0.127. The van der Waals surface area contributed by atoms with Gasteiger partial charge in [0.2, 0.25) is 0 Å². The van der Waals surface area contributed by atoms with Gasteiger partial charge in [-0.2, -0.15) is 5.10 Å². The molecule has 3 rings (SSSR count). The summed E-state index contributed by atoms with van der Waals surface area (Å²) in [6, 6.07) is 17.1. The lowest BCUT2D eigenvalue weighted by molar-refractivity contribution is -0.157. The van der Waals surface area contributed by atoms with E-state index >= 15 is 0 Å². The van der Waals surface area contributed by atoms with Gasteiger partial charge in [0.25, 0.3) is 5.91 Å². The third-order valence-electron chi connectivity index (χ3n) is 4.17. The molecule has 27 heavy (non-hydrogen) atoms. The van der Waals surface area contributed by atoms with E-state index in [2.05, 4.69) is 5.10 Å². The maximum atomic E-state index is 12.3. The molecule has 0 saturated carbocycles. The first-order chi connectivity index (χ1) is 13.0. The second-order valence-electron chi connectivity index (χ2n) is 6.36. The van der Waals surface area contributed by atoms with Gasteiger partial charge in [-0.05, 0) is 37.1 Å². The third-order valence-corrected chi connectivity index (χ3v) is 4.17. The van der Waals surface area contributed by atoms with Crippen LogP contribution >= 0.6 is 0 Å². The number of carbonyl (C=O) groups excluding carboxylic acids is 2. The van der Waals surface area contributed by atoms with Crippen LogP contribution in [0, 0.1) is 6.92 Å². The van der Waals surface area contributed by atoms with Gasteiger partial charge in [0.15, 0.2) is 12.7 Å². The summed E-state index contributed by atoms with van der Waals surface area (Å²) in [5.74, 6) is -0.351. The van der Waals surface area contributed by atoms with E-state index in [0.29, 0.717) is 18.7 Å². The summed E-state index contributed by atoms with van der Waals surface area (Å²) < 4.78 is 10.7. The number of rotatable bonds is 6. The lowest BCUT2D eigenvalue weighted by atomic mass is 10.1. The number of ether oxygens (including phenoxy) is 2. The van der Waals surface area contributed by atoms with E-state index in [1.165, 1.54) is 5.01 Å².